The van der Waals surface area contributed by atoms with Crippen LogP contribution in [0.5, 0.6) is 11.5 Å². The lowest BCUT2D eigenvalue weighted by Gasteiger charge is -2.18. The van der Waals surface area contributed by atoms with Crippen LogP contribution in [0.25, 0.3) is 0 Å². The standard InChI is InChI=1S/C23H26N2O4/c26-22(16-18-5-9-20-21(15-18)29-14-13-28-20)24-19-7-3-17(4-8-19)6-10-23(27)25-11-1-2-12-25/h3-5,7-9,15H,1-2,6,10-14,16H2,(H,24,26). The lowest BCUT2D eigenvalue weighted by Crippen LogP contribution is -2.27. The molecule has 0 atom stereocenters. The van der Waals surface area contributed by atoms with E-state index in [-0.39, 0.29) is 18.2 Å². The van der Waals surface area contributed by atoms with E-state index in [0.29, 0.717) is 25.4 Å². The van der Waals surface area contributed by atoms with Crippen LogP contribution in [0.15, 0.2) is 42.5 Å². The van der Waals surface area contributed by atoms with Gasteiger partial charge in [-0.15, -0.1) is 0 Å². The molecule has 2 heterocycles. The van der Waals surface area contributed by atoms with Gasteiger partial charge in [0.1, 0.15) is 13.2 Å². The largest absolute Gasteiger partial charge is 0.486 e. The van der Waals surface area contributed by atoms with E-state index in [4.69, 9.17) is 9.47 Å². The van der Waals surface area contributed by atoms with E-state index >= 15 is 0 Å². The molecule has 2 aromatic carbocycles. The third kappa shape index (κ3) is 5.08. The minimum atomic E-state index is -0.0846. The molecule has 1 N–H and O–H groups in total. The first kappa shape index (κ1) is 19.3. The highest BCUT2D eigenvalue weighted by Gasteiger charge is 2.17. The van der Waals surface area contributed by atoms with Crippen LogP contribution in [-0.4, -0.2) is 43.0 Å². The van der Waals surface area contributed by atoms with Gasteiger partial charge in [0.15, 0.2) is 11.5 Å². The Balaban J connectivity index is 1.27. The van der Waals surface area contributed by atoms with Crippen molar-refractivity contribution in [3.63, 3.8) is 0 Å². The molecule has 2 aromatic rings. The molecular formula is C23H26N2O4. The molecule has 0 aromatic heterocycles. The van der Waals surface area contributed by atoms with Crippen molar-refractivity contribution in [2.24, 2.45) is 0 Å². The lowest BCUT2D eigenvalue weighted by molar-refractivity contribution is -0.130. The number of fused-ring (bicyclic) bond motifs is 1. The summed E-state index contributed by atoms with van der Waals surface area (Å²) < 4.78 is 11.1. The van der Waals surface area contributed by atoms with Crippen LogP contribution in [0.2, 0.25) is 0 Å². The van der Waals surface area contributed by atoms with Gasteiger partial charge in [0.25, 0.3) is 0 Å². The summed E-state index contributed by atoms with van der Waals surface area (Å²) >= 11 is 0. The van der Waals surface area contributed by atoms with Crippen LogP contribution in [0.4, 0.5) is 5.69 Å². The Bertz CT molecular complexity index is 873. The number of likely N-dealkylation sites (tertiary alicyclic amines) is 1. The maximum Gasteiger partial charge on any atom is 0.228 e. The van der Waals surface area contributed by atoms with E-state index in [9.17, 15) is 9.59 Å². The van der Waals surface area contributed by atoms with Crippen LogP contribution in [0, 0.1) is 0 Å². The number of rotatable bonds is 6. The zero-order valence-corrected chi connectivity index (χ0v) is 16.5. The lowest BCUT2D eigenvalue weighted by atomic mass is 10.1. The number of hydrogen-bond donors (Lipinski definition) is 1. The van der Waals surface area contributed by atoms with E-state index in [1.807, 2.05) is 47.4 Å². The Morgan fingerprint density at radius 3 is 2.34 bits per heavy atom. The maximum atomic E-state index is 12.4. The van der Waals surface area contributed by atoms with Crippen molar-refractivity contribution in [2.45, 2.75) is 32.1 Å². The van der Waals surface area contributed by atoms with Crippen molar-refractivity contribution in [1.82, 2.24) is 4.90 Å². The highest BCUT2D eigenvalue weighted by Crippen LogP contribution is 2.30. The molecule has 0 aliphatic carbocycles. The molecule has 0 spiro atoms. The average Bonchev–Trinajstić information content (AvgIpc) is 3.28. The van der Waals surface area contributed by atoms with Gasteiger partial charge < -0.3 is 19.7 Å². The number of ether oxygens (including phenoxy) is 2. The summed E-state index contributed by atoms with van der Waals surface area (Å²) in [6, 6.07) is 13.3. The fourth-order valence-corrected chi connectivity index (χ4v) is 3.72. The summed E-state index contributed by atoms with van der Waals surface area (Å²) in [6.07, 6.45) is 3.76. The van der Waals surface area contributed by atoms with E-state index in [1.54, 1.807) is 0 Å². The molecular weight excluding hydrogens is 368 g/mol. The fourth-order valence-electron chi connectivity index (χ4n) is 3.72. The predicted octanol–water partition coefficient (Wildman–Crippen LogP) is 3.19. The molecule has 2 aliphatic heterocycles. The second kappa shape index (κ2) is 8.99. The third-order valence-electron chi connectivity index (χ3n) is 5.30. The van der Waals surface area contributed by atoms with Gasteiger partial charge in [-0.25, -0.2) is 0 Å². The Kier molecular flexibility index (Phi) is 5.98. The number of carbonyl (C=O) groups excluding carboxylic acids is 2. The van der Waals surface area contributed by atoms with Crippen molar-refractivity contribution in [3.8, 4) is 11.5 Å². The maximum absolute atomic E-state index is 12.4. The minimum absolute atomic E-state index is 0.0846. The third-order valence-corrected chi connectivity index (χ3v) is 5.30. The monoisotopic (exact) mass is 394 g/mol. The van der Waals surface area contributed by atoms with E-state index in [1.165, 1.54) is 0 Å². The van der Waals surface area contributed by atoms with Gasteiger partial charge in [-0.1, -0.05) is 18.2 Å². The Hall–Kier alpha value is -3.02. The molecule has 0 radical (unpaired) electrons. The molecule has 2 aliphatic rings. The number of nitrogens with zero attached hydrogens (tertiary/aromatic N) is 1. The Labute approximate surface area is 170 Å². The fraction of sp³-hybridized carbons (Fsp3) is 0.391. The molecule has 29 heavy (non-hydrogen) atoms. The van der Waals surface area contributed by atoms with Crippen LogP contribution in [-0.2, 0) is 22.4 Å². The molecule has 6 nitrogen and oxygen atoms in total. The van der Waals surface area contributed by atoms with Crippen LogP contribution in [0.3, 0.4) is 0 Å². The van der Waals surface area contributed by atoms with Gasteiger partial charge in [-0.3, -0.25) is 9.59 Å². The number of carbonyl (C=O) groups is 2. The number of anilines is 1. The molecule has 2 amide bonds. The van der Waals surface area contributed by atoms with Gasteiger partial charge in [0.2, 0.25) is 11.8 Å². The predicted molar refractivity (Wildman–Crippen MR) is 110 cm³/mol. The molecule has 4 rings (SSSR count). The van der Waals surface area contributed by atoms with Crippen molar-refractivity contribution in [3.05, 3.63) is 53.6 Å². The average molecular weight is 394 g/mol. The Morgan fingerprint density at radius 2 is 1.59 bits per heavy atom. The van der Waals surface area contributed by atoms with Crippen LogP contribution < -0.4 is 14.8 Å². The molecule has 0 bridgehead atoms. The summed E-state index contributed by atoms with van der Waals surface area (Å²) in [5.74, 6) is 1.56. The molecule has 1 fully saturated rings. The molecule has 6 heteroatoms. The number of benzene rings is 2. The van der Waals surface area contributed by atoms with Gasteiger partial charge in [-0.2, -0.15) is 0 Å². The van der Waals surface area contributed by atoms with E-state index in [0.717, 1.165) is 54.9 Å². The second-order valence-electron chi connectivity index (χ2n) is 7.49. The normalized spacial score (nSPS) is 15.2. The van der Waals surface area contributed by atoms with Crippen LogP contribution >= 0.6 is 0 Å². The highest BCUT2D eigenvalue weighted by atomic mass is 16.6. The minimum Gasteiger partial charge on any atom is -0.486 e. The summed E-state index contributed by atoms with van der Waals surface area (Å²) in [5, 5.41) is 2.92. The molecule has 0 saturated carbocycles. The van der Waals surface area contributed by atoms with Gasteiger partial charge >= 0.3 is 0 Å². The summed E-state index contributed by atoms with van der Waals surface area (Å²) in [5.41, 5.74) is 2.73. The quantitative estimate of drug-likeness (QED) is 0.817. The van der Waals surface area contributed by atoms with Crippen molar-refractivity contribution in [1.29, 1.82) is 0 Å². The summed E-state index contributed by atoms with van der Waals surface area (Å²) in [6.45, 7) is 2.87. The Morgan fingerprint density at radius 1 is 0.897 bits per heavy atom. The SMILES string of the molecule is O=C(Cc1ccc2c(c1)OCCO2)Nc1ccc(CCC(=O)N2CCCC2)cc1. The van der Waals surface area contributed by atoms with Crippen molar-refractivity contribution < 1.29 is 19.1 Å². The number of nitrogens with one attached hydrogen (secondary N) is 1. The smallest absolute Gasteiger partial charge is 0.228 e. The topological polar surface area (TPSA) is 67.9 Å². The first-order chi connectivity index (χ1) is 14.2. The first-order valence-corrected chi connectivity index (χ1v) is 10.2. The zero-order chi connectivity index (χ0) is 20.1. The molecule has 1 saturated heterocycles. The van der Waals surface area contributed by atoms with Crippen molar-refractivity contribution >= 4 is 17.5 Å². The van der Waals surface area contributed by atoms with Gasteiger partial charge in [-0.05, 0) is 54.7 Å². The number of aryl methyl sites for hydroxylation is 1. The molecule has 152 valence electrons. The summed E-state index contributed by atoms with van der Waals surface area (Å²) in [4.78, 5) is 26.5. The van der Waals surface area contributed by atoms with Crippen molar-refractivity contribution in [2.75, 3.05) is 31.6 Å². The number of hydrogen-bond acceptors (Lipinski definition) is 4. The second-order valence-corrected chi connectivity index (χ2v) is 7.49. The van der Waals surface area contributed by atoms with Crippen LogP contribution in [0.1, 0.15) is 30.4 Å². The van der Waals surface area contributed by atoms with E-state index in [2.05, 4.69) is 5.32 Å². The molecule has 0 unspecified atom stereocenters. The van der Waals surface area contributed by atoms with Gasteiger partial charge in [0, 0.05) is 25.2 Å². The number of amides is 2. The first-order valence-electron chi connectivity index (χ1n) is 10.2. The highest BCUT2D eigenvalue weighted by molar-refractivity contribution is 5.92. The zero-order valence-electron chi connectivity index (χ0n) is 16.5. The summed E-state index contributed by atoms with van der Waals surface area (Å²) in [7, 11) is 0. The van der Waals surface area contributed by atoms with Gasteiger partial charge in [0.05, 0.1) is 6.42 Å². The van der Waals surface area contributed by atoms with E-state index < -0.39 is 0 Å².